The lowest BCUT2D eigenvalue weighted by Crippen LogP contribution is -2.32. The van der Waals surface area contributed by atoms with Crippen molar-refractivity contribution in [1.82, 2.24) is 15.5 Å². The molecular weight excluding hydrogens is 384 g/mol. The van der Waals surface area contributed by atoms with Gasteiger partial charge in [0.1, 0.15) is 17.8 Å². The highest BCUT2D eigenvalue weighted by Crippen LogP contribution is 2.28. The van der Waals surface area contributed by atoms with Gasteiger partial charge in [0.05, 0.1) is 12.0 Å². The number of hydrogen-bond donors (Lipinski definition) is 2. The van der Waals surface area contributed by atoms with E-state index in [1.54, 1.807) is 6.26 Å². The van der Waals surface area contributed by atoms with E-state index in [9.17, 15) is 0 Å². The largest absolute Gasteiger partial charge is 0.463 e. The van der Waals surface area contributed by atoms with Crippen molar-refractivity contribution in [3.05, 3.63) is 89.1 Å². The Labute approximate surface area is 177 Å². The second-order valence-electron chi connectivity index (χ2n) is 6.95. The Morgan fingerprint density at radius 3 is 2.72 bits per heavy atom. The van der Waals surface area contributed by atoms with Crippen LogP contribution in [0.15, 0.2) is 82.2 Å². The summed E-state index contributed by atoms with van der Waals surface area (Å²) in [7, 11) is 2.03. The van der Waals surface area contributed by atoms with Gasteiger partial charge in [-0.1, -0.05) is 37.2 Å². The van der Waals surface area contributed by atoms with Gasteiger partial charge in [-0.15, -0.1) is 0 Å². The summed E-state index contributed by atoms with van der Waals surface area (Å²) in [6.45, 7) is 9.19. The molecule has 29 heavy (non-hydrogen) atoms. The fraction of sp³-hybridized carbons (Fsp3) is 0.261. The Bertz CT molecular complexity index is 926. The molecule has 2 aromatic rings. The average Bonchev–Trinajstić information content (AvgIpc) is 3.23. The van der Waals surface area contributed by atoms with Gasteiger partial charge in [0.15, 0.2) is 0 Å². The number of furan rings is 1. The average molecular weight is 411 g/mol. The molecule has 3 rings (SSSR count). The van der Waals surface area contributed by atoms with Crippen LogP contribution < -0.4 is 10.6 Å². The smallest absolute Gasteiger partial charge is 0.149 e. The van der Waals surface area contributed by atoms with Crippen LogP contribution in [-0.4, -0.2) is 24.3 Å². The summed E-state index contributed by atoms with van der Waals surface area (Å²) in [6.07, 6.45) is 6.51. The van der Waals surface area contributed by atoms with E-state index in [0.717, 1.165) is 47.2 Å². The van der Waals surface area contributed by atoms with Crippen LogP contribution in [0.5, 0.6) is 0 Å². The van der Waals surface area contributed by atoms with Gasteiger partial charge >= 0.3 is 0 Å². The van der Waals surface area contributed by atoms with Crippen LogP contribution in [0.25, 0.3) is 5.70 Å². The molecule has 1 aliphatic heterocycles. The summed E-state index contributed by atoms with van der Waals surface area (Å²) >= 11 is 6.04. The van der Waals surface area contributed by atoms with Gasteiger partial charge in [0.25, 0.3) is 0 Å². The Balaban J connectivity index is 1.80. The van der Waals surface area contributed by atoms with Gasteiger partial charge in [-0.05, 0) is 55.3 Å². The Morgan fingerprint density at radius 2 is 2.07 bits per heavy atom. The van der Waals surface area contributed by atoms with Gasteiger partial charge in [0.2, 0.25) is 0 Å². The fourth-order valence-electron chi connectivity index (χ4n) is 3.03. The second kappa shape index (κ2) is 9.52. The molecule has 1 aromatic carbocycles. The lowest BCUT2D eigenvalue weighted by molar-refractivity contribution is 0.314. The first kappa shape index (κ1) is 20.8. The van der Waals surface area contributed by atoms with Crippen molar-refractivity contribution in [3.8, 4) is 0 Å². The Morgan fingerprint density at radius 1 is 1.31 bits per heavy atom. The zero-order chi connectivity index (χ0) is 20.8. The lowest BCUT2D eigenvalue weighted by atomic mass is 10.1. The minimum absolute atomic E-state index is 0.126. The molecule has 6 heteroatoms. The van der Waals surface area contributed by atoms with Crippen LogP contribution >= 0.6 is 11.6 Å². The zero-order valence-electron chi connectivity index (χ0n) is 17.1. The molecule has 1 aromatic heterocycles. The number of allylic oxidation sites excluding steroid dienone is 2. The summed E-state index contributed by atoms with van der Waals surface area (Å²) < 4.78 is 5.54. The standard InChI is InChI=1S/C23H27ClN4O/c1-5-12-25-20(21-7-6-13-29-21)14-16(2)26-22-15-17(3)28(4)23(27-22)18-8-10-19(24)11-9-18/h6-11,13-15,23,25H,2,5,12H2,1,3-4H3,(H,26,27)/b20-14-. The molecular formula is C23H27ClN4O. The lowest BCUT2D eigenvalue weighted by Gasteiger charge is -2.32. The summed E-state index contributed by atoms with van der Waals surface area (Å²) in [5.41, 5.74) is 3.79. The maximum atomic E-state index is 6.04. The molecule has 0 saturated heterocycles. The Hall–Kier alpha value is -2.92. The number of hydrogen-bond acceptors (Lipinski definition) is 5. The molecule has 0 saturated carbocycles. The van der Waals surface area contributed by atoms with E-state index in [1.165, 1.54) is 0 Å². The summed E-state index contributed by atoms with van der Waals surface area (Å²) in [6, 6.07) is 11.6. The minimum atomic E-state index is -0.126. The number of halogens is 1. The molecule has 0 spiro atoms. The molecule has 0 bridgehead atoms. The normalized spacial score (nSPS) is 16.9. The number of aliphatic imine (C=N–C) groups is 1. The second-order valence-corrected chi connectivity index (χ2v) is 7.38. The molecule has 0 amide bonds. The van der Waals surface area contributed by atoms with E-state index in [1.807, 2.05) is 55.6 Å². The van der Waals surface area contributed by atoms with Crippen molar-refractivity contribution in [2.45, 2.75) is 26.4 Å². The molecule has 2 heterocycles. The zero-order valence-corrected chi connectivity index (χ0v) is 17.8. The van der Waals surface area contributed by atoms with Crippen molar-refractivity contribution >= 4 is 23.1 Å². The third-order valence-corrected chi connectivity index (χ3v) is 4.91. The monoisotopic (exact) mass is 410 g/mol. The van der Waals surface area contributed by atoms with E-state index < -0.39 is 0 Å². The summed E-state index contributed by atoms with van der Waals surface area (Å²) in [5.74, 6) is 1.54. The van der Waals surface area contributed by atoms with Crippen LogP contribution in [0.3, 0.4) is 0 Å². The topological polar surface area (TPSA) is 52.8 Å². The SMILES string of the molecule is C=C(/C=C(\NCCC)c1ccco1)NC1=NC(c2ccc(Cl)cc2)N(C)C(C)=C1. The molecule has 1 aliphatic rings. The fourth-order valence-corrected chi connectivity index (χ4v) is 3.15. The molecule has 1 unspecified atom stereocenters. The highest BCUT2D eigenvalue weighted by molar-refractivity contribution is 6.30. The minimum Gasteiger partial charge on any atom is -0.463 e. The van der Waals surface area contributed by atoms with Crippen LogP contribution in [-0.2, 0) is 0 Å². The number of benzene rings is 1. The number of nitrogens with one attached hydrogen (secondary N) is 2. The molecule has 0 fully saturated rings. The molecule has 2 N–H and O–H groups in total. The number of amidine groups is 1. The first-order valence-corrected chi connectivity index (χ1v) is 10.1. The van der Waals surface area contributed by atoms with E-state index >= 15 is 0 Å². The van der Waals surface area contributed by atoms with Gasteiger partial charge in [0, 0.05) is 30.0 Å². The summed E-state index contributed by atoms with van der Waals surface area (Å²) in [5, 5.41) is 7.42. The van der Waals surface area contributed by atoms with Crippen LogP contribution in [0.4, 0.5) is 0 Å². The Kier molecular flexibility index (Phi) is 6.83. The van der Waals surface area contributed by atoms with Gasteiger partial charge in [-0.2, -0.15) is 0 Å². The quantitative estimate of drug-likeness (QED) is 0.606. The number of rotatable bonds is 7. The van der Waals surface area contributed by atoms with E-state index in [0.29, 0.717) is 5.02 Å². The molecule has 5 nitrogen and oxygen atoms in total. The van der Waals surface area contributed by atoms with Crippen LogP contribution in [0.2, 0.25) is 5.02 Å². The number of nitrogens with zero attached hydrogens (tertiary/aromatic N) is 2. The maximum Gasteiger partial charge on any atom is 0.149 e. The van der Waals surface area contributed by atoms with Crippen molar-refractivity contribution in [1.29, 1.82) is 0 Å². The first-order chi connectivity index (χ1) is 14.0. The van der Waals surface area contributed by atoms with Crippen molar-refractivity contribution in [2.75, 3.05) is 13.6 Å². The van der Waals surface area contributed by atoms with Crippen molar-refractivity contribution < 1.29 is 4.42 Å². The van der Waals surface area contributed by atoms with Gasteiger partial charge in [-0.3, -0.25) is 0 Å². The van der Waals surface area contributed by atoms with Crippen LogP contribution in [0.1, 0.15) is 37.8 Å². The van der Waals surface area contributed by atoms with E-state index in [2.05, 4.69) is 36.0 Å². The molecule has 1 atom stereocenters. The van der Waals surface area contributed by atoms with Crippen LogP contribution in [0, 0.1) is 0 Å². The highest BCUT2D eigenvalue weighted by Gasteiger charge is 2.21. The van der Waals surface area contributed by atoms with Gasteiger partial charge in [-0.25, -0.2) is 4.99 Å². The van der Waals surface area contributed by atoms with E-state index in [-0.39, 0.29) is 6.17 Å². The first-order valence-electron chi connectivity index (χ1n) is 9.67. The van der Waals surface area contributed by atoms with Crippen molar-refractivity contribution in [3.63, 3.8) is 0 Å². The molecule has 152 valence electrons. The predicted molar refractivity (Wildman–Crippen MR) is 120 cm³/mol. The summed E-state index contributed by atoms with van der Waals surface area (Å²) in [4.78, 5) is 6.99. The third kappa shape index (κ3) is 5.33. The third-order valence-electron chi connectivity index (χ3n) is 4.66. The van der Waals surface area contributed by atoms with E-state index in [4.69, 9.17) is 21.0 Å². The molecule has 0 radical (unpaired) electrons. The highest BCUT2D eigenvalue weighted by atomic mass is 35.5. The molecule has 0 aliphatic carbocycles. The predicted octanol–water partition coefficient (Wildman–Crippen LogP) is 5.32. The maximum absolute atomic E-state index is 6.04. The van der Waals surface area contributed by atoms with Gasteiger partial charge < -0.3 is 20.0 Å². The van der Waals surface area contributed by atoms with Crippen molar-refractivity contribution in [2.24, 2.45) is 4.99 Å².